The Kier molecular flexibility index (Phi) is 3.08. The second-order valence-corrected chi connectivity index (χ2v) is 1.99. The van der Waals surface area contributed by atoms with E-state index in [1.54, 1.807) is 7.11 Å². The van der Waals surface area contributed by atoms with Crippen molar-refractivity contribution in [1.82, 2.24) is 0 Å². The quantitative estimate of drug-likeness (QED) is 0.565. The van der Waals surface area contributed by atoms with Gasteiger partial charge < -0.3 is 18.9 Å². The van der Waals surface area contributed by atoms with Gasteiger partial charge in [-0.25, -0.2) is 0 Å². The molecule has 0 saturated carbocycles. The molecule has 0 amide bonds. The molecule has 0 bridgehead atoms. The molecular formula is C6H12O4. The molecule has 1 aliphatic rings. The van der Waals surface area contributed by atoms with Crippen LogP contribution < -0.4 is 0 Å². The van der Waals surface area contributed by atoms with Crippen LogP contribution in [-0.4, -0.2) is 33.6 Å². The summed E-state index contributed by atoms with van der Waals surface area (Å²) in [5.41, 5.74) is 0. The standard InChI is InChI=1S/C6H12O4/c1-7-5-3-4-9-6(8-2)10-5/h5-6H,3-4H2,1-2H3. The highest BCUT2D eigenvalue weighted by atomic mass is 16.9. The first-order valence-corrected chi connectivity index (χ1v) is 3.19. The summed E-state index contributed by atoms with van der Waals surface area (Å²) in [4.78, 5) is 0. The van der Waals surface area contributed by atoms with Gasteiger partial charge in [0.05, 0.1) is 6.61 Å². The van der Waals surface area contributed by atoms with E-state index < -0.39 is 6.48 Å². The maximum absolute atomic E-state index is 5.12. The minimum absolute atomic E-state index is 0.182. The summed E-state index contributed by atoms with van der Waals surface area (Å²) in [5.74, 6) is 0. The molecule has 2 unspecified atom stereocenters. The van der Waals surface area contributed by atoms with Crippen LogP contribution in [0.25, 0.3) is 0 Å². The zero-order chi connectivity index (χ0) is 7.40. The third kappa shape index (κ3) is 1.91. The van der Waals surface area contributed by atoms with Crippen LogP contribution in [0.2, 0.25) is 0 Å². The van der Waals surface area contributed by atoms with E-state index in [4.69, 9.17) is 18.9 Å². The summed E-state index contributed by atoms with van der Waals surface area (Å²) in [5, 5.41) is 0. The van der Waals surface area contributed by atoms with Gasteiger partial charge >= 0.3 is 0 Å². The van der Waals surface area contributed by atoms with Gasteiger partial charge in [-0.3, -0.25) is 0 Å². The molecule has 2 atom stereocenters. The molecule has 0 N–H and O–H groups in total. The molecule has 1 rings (SSSR count). The minimum atomic E-state index is -0.557. The molecule has 0 aliphatic carbocycles. The minimum Gasteiger partial charge on any atom is -0.356 e. The van der Waals surface area contributed by atoms with Gasteiger partial charge in [-0.15, -0.1) is 0 Å². The summed E-state index contributed by atoms with van der Waals surface area (Å²) < 4.78 is 19.9. The highest BCUT2D eigenvalue weighted by Crippen LogP contribution is 2.12. The van der Waals surface area contributed by atoms with Gasteiger partial charge in [0.25, 0.3) is 6.48 Å². The molecule has 1 saturated heterocycles. The van der Waals surface area contributed by atoms with E-state index in [0.29, 0.717) is 6.61 Å². The fourth-order valence-corrected chi connectivity index (χ4v) is 0.789. The van der Waals surface area contributed by atoms with Crippen molar-refractivity contribution in [2.75, 3.05) is 20.8 Å². The van der Waals surface area contributed by atoms with Crippen LogP contribution in [0.3, 0.4) is 0 Å². The predicted molar refractivity (Wildman–Crippen MR) is 33.2 cm³/mol. The summed E-state index contributed by atoms with van der Waals surface area (Å²) in [7, 11) is 3.13. The van der Waals surface area contributed by atoms with Crippen molar-refractivity contribution in [1.29, 1.82) is 0 Å². The van der Waals surface area contributed by atoms with Crippen LogP contribution in [0.4, 0.5) is 0 Å². The molecule has 4 heteroatoms. The first-order chi connectivity index (χ1) is 4.86. The topological polar surface area (TPSA) is 36.9 Å². The van der Waals surface area contributed by atoms with E-state index in [9.17, 15) is 0 Å². The highest BCUT2D eigenvalue weighted by Gasteiger charge is 2.21. The number of methoxy groups -OCH3 is 2. The number of hydrogen-bond acceptors (Lipinski definition) is 4. The lowest BCUT2D eigenvalue weighted by Gasteiger charge is -2.27. The molecule has 0 aromatic rings. The van der Waals surface area contributed by atoms with Crippen LogP contribution in [0.5, 0.6) is 0 Å². The SMILES string of the molecule is COC1CCOC(OC)O1. The van der Waals surface area contributed by atoms with Gasteiger partial charge in [0.15, 0.2) is 6.29 Å². The molecule has 0 aromatic heterocycles. The Hall–Kier alpha value is -0.160. The molecule has 1 heterocycles. The Morgan fingerprint density at radius 2 is 2.10 bits per heavy atom. The fraction of sp³-hybridized carbons (Fsp3) is 1.00. The normalized spacial score (nSPS) is 34.2. The van der Waals surface area contributed by atoms with Crippen molar-refractivity contribution in [3.8, 4) is 0 Å². The first-order valence-electron chi connectivity index (χ1n) is 3.19. The lowest BCUT2D eigenvalue weighted by atomic mass is 10.4. The number of hydrogen-bond donors (Lipinski definition) is 0. The average Bonchev–Trinajstić information content (AvgIpc) is 2.05. The van der Waals surface area contributed by atoms with Crippen molar-refractivity contribution >= 4 is 0 Å². The Balaban J connectivity index is 2.25. The maximum atomic E-state index is 5.12. The Bertz CT molecular complexity index is 85.7. The summed E-state index contributed by atoms with van der Waals surface area (Å²) in [6.07, 6.45) is 0.579. The lowest BCUT2D eigenvalue weighted by Crippen LogP contribution is -2.34. The lowest BCUT2D eigenvalue weighted by molar-refractivity contribution is -0.360. The molecular weight excluding hydrogens is 136 g/mol. The van der Waals surface area contributed by atoms with Crippen LogP contribution in [0.15, 0.2) is 0 Å². The molecule has 4 nitrogen and oxygen atoms in total. The Labute approximate surface area is 60.0 Å². The number of rotatable bonds is 2. The van der Waals surface area contributed by atoms with Crippen molar-refractivity contribution < 1.29 is 18.9 Å². The van der Waals surface area contributed by atoms with E-state index in [-0.39, 0.29) is 6.29 Å². The molecule has 1 aliphatic heterocycles. The highest BCUT2D eigenvalue weighted by molar-refractivity contribution is 4.48. The van der Waals surface area contributed by atoms with E-state index in [1.165, 1.54) is 7.11 Å². The van der Waals surface area contributed by atoms with Crippen molar-refractivity contribution in [3.05, 3.63) is 0 Å². The van der Waals surface area contributed by atoms with Gasteiger partial charge in [0, 0.05) is 20.6 Å². The fourth-order valence-electron chi connectivity index (χ4n) is 0.789. The Morgan fingerprint density at radius 3 is 2.70 bits per heavy atom. The van der Waals surface area contributed by atoms with E-state index in [0.717, 1.165) is 6.42 Å². The summed E-state index contributed by atoms with van der Waals surface area (Å²) in [6, 6.07) is 0. The van der Waals surface area contributed by atoms with Crippen LogP contribution in [0.1, 0.15) is 6.42 Å². The van der Waals surface area contributed by atoms with Crippen molar-refractivity contribution in [2.24, 2.45) is 0 Å². The smallest absolute Gasteiger partial charge is 0.273 e. The third-order valence-electron chi connectivity index (χ3n) is 1.33. The number of ether oxygens (including phenoxy) is 4. The van der Waals surface area contributed by atoms with Crippen LogP contribution in [-0.2, 0) is 18.9 Å². The zero-order valence-electron chi connectivity index (χ0n) is 6.20. The van der Waals surface area contributed by atoms with Gasteiger partial charge in [-0.2, -0.15) is 0 Å². The second kappa shape index (κ2) is 3.88. The summed E-state index contributed by atoms with van der Waals surface area (Å²) >= 11 is 0. The average molecular weight is 148 g/mol. The van der Waals surface area contributed by atoms with E-state index in [1.807, 2.05) is 0 Å². The molecule has 0 spiro atoms. The van der Waals surface area contributed by atoms with Gasteiger partial charge in [0.2, 0.25) is 0 Å². The van der Waals surface area contributed by atoms with E-state index in [2.05, 4.69) is 0 Å². The van der Waals surface area contributed by atoms with Crippen molar-refractivity contribution in [3.63, 3.8) is 0 Å². The summed E-state index contributed by atoms with van der Waals surface area (Å²) in [6.45, 7) is 0.0653. The maximum Gasteiger partial charge on any atom is 0.273 e. The second-order valence-electron chi connectivity index (χ2n) is 1.99. The van der Waals surface area contributed by atoms with Gasteiger partial charge in [-0.05, 0) is 0 Å². The molecule has 0 aromatic carbocycles. The Morgan fingerprint density at radius 1 is 1.30 bits per heavy atom. The zero-order valence-corrected chi connectivity index (χ0v) is 6.20. The first kappa shape index (κ1) is 7.94. The van der Waals surface area contributed by atoms with Gasteiger partial charge in [0.1, 0.15) is 0 Å². The van der Waals surface area contributed by atoms with Crippen LogP contribution >= 0.6 is 0 Å². The van der Waals surface area contributed by atoms with E-state index >= 15 is 0 Å². The molecule has 1 fully saturated rings. The largest absolute Gasteiger partial charge is 0.356 e. The monoisotopic (exact) mass is 148 g/mol. The van der Waals surface area contributed by atoms with Crippen molar-refractivity contribution in [2.45, 2.75) is 19.2 Å². The van der Waals surface area contributed by atoms with Gasteiger partial charge in [-0.1, -0.05) is 0 Å². The molecule has 60 valence electrons. The third-order valence-corrected chi connectivity index (χ3v) is 1.33. The molecule has 10 heavy (non-hydrogen) atoms. The predicted octanol–water partition coefficient (Wildman–Crippen LogP) is 0.326. The molecule has 0 radical (unpaired) electrons. The van der Waals surface area contributed by atoms with Crippen LogP contribution in [0, 0.1) is 0 Å².